The number of aromatic amines is 1. The van der Waals surface area contributed by atoms with Gasteiger partial charge in [0.05, 0.1) is 12.1 Å². The number of ether oxygens (including phenoxy) is 1. The van der Waals surface area contributed by atoms with Crippen LogP contribution in [0.2, 0.25) is 0 Å². The first-order chi connectivity index (χ1) is 9.31. The number of nitrogens with one attached hydrogen (secondary N) is 1. The zero-order chi connectivity index (χ0) is 12.8. The number of nitrogens with zero attached hydrogens (tertiary/aromatic N) is 2. The molecule has 0 atom stereocenters. The van der Waals surface area contributed by atoms with Crippen LogP contribution in [0, 0.1) is 6.92 Å². The van der Waals surface area contributed by atoms with Gasteiger partial charge in [0.25, 0.3) is 0 Å². The molecule has 3 heterocycles. The summed E-state index contributed by atoms with van der Waals surface area (Å²) >= 11 is 0. The Morgan fingerprint density at radius 1 is 1.32 bits per heavy atom. The third-order valence-corrected chi connectivity index (χ3v) is 3.48. The summed E-state index contributed by atoms with van der Waals surface area (Å²) in [5.74, 6) is 1.88. The van der Waals surface area contributed by atoms with Gasteiger partial charge in [-0.15, -0.1) is 0 Å². The van der Waals surface area contributed by atoms with Crippen LogP contribution >= 0.6 is 0 Å². The van der Waals surface area contributed by atoms with Crippen molar-refractivity contribution in [3.8, 4) is 16.9 Å². The highest BCUT2D eigenvalue weighted by Gasteiger charge is 2.17. The maximum absolute atomic E-state index is 5.75. The molecule has 0 saturated carbocycles. The molecule has 4 heteroatoms. The molecule has 19 heavy (non-hydrogen) atoms. The lowest BCUT2D eigenvalue weighted by Crippen LogP contribution is -1.89. The van der Waals surface area contributed by atoms with Gasteiger partial charge >= 0.3 is 0 Å². The van der Waals surface area contributed by atoms with Gasteiger partial charge in [0.1, 0.15) is 11.6 Å². The second-order valence-corrected chi connectivity index (χ2v) is 4.81. The predicted molar refractivity (Wildman–Crippen MR) is 73.3 cm³/mol. The fraction of sp³-hybridized carbons (Fsp3) is 0.200. The van der Waals surface area contributed by atoms with E-state index in [0.29, 0.717) is 0 Å². The van der Waals surface area contributed by atoms with Crippen molar-refractivity contribution in [3.05, 3.63) is 41.9 Å². The minimum atomic E-state index is 0.759. The van der Waals surface area contributed by atoms with E-state index in [9.17, 15) is 0 Å². The smallest absolute Gasteiger partial charge is 0.177 e. The van der Waals surface area contributed by atoms with Gasteiger partial charge in [-0.3, -0.25) is 0 Å². The highest BCUT2D eigenvalue weighted by Crippen LogP contribution is 2.36. The van der Waals surface area contributed by atoms with Crippen LogP contribution < -0.4 is 4.74 Å². The van der Waals surface area contributed by atoms with E-state index in [1.54, 1.807) is 0 Å². The molecule has 1 aliphatic heterocycles. The summed E-state index contributed by atoms with van der Waals surface area (Å²) in [4.78, 5) is 12.0. The van der Waals surface area contributed by atoms with Crippen LogP contribution in [-0.4, -0.2) is 21.6 Å². The molecule has 0 aliphatic carbocycles. The van der Waals surface area contributed by atoms with Gasteiger partial charge in [-0.1, -0.05) is 18.2 Å². The third-order valence-electron chi connectivity index (χ3n) is 3.48. The minimum absolute atomic E-state index is 0.759. The van der Waals surface area contributed by atoms with Gasteiger partial charge in [0.2, 0.25) is 0 Å². The number of benzene rings is 1. The maximum Gasteiger partial charge on any atom is 0.177 e. The Hall–Kier alpha value is -2.36. The van der Waals surface area contributed by atoms with E-state index in [1.165, 1.54) is 5.56 Å². The molecule has 0 bridgehead atoms. The first kappa shape index (κ1) is 10.6. The summed E-state index contributed by atoms with van der Waals surface area (Å²) in [6.45, 7) is 2.70. The van der Waals surface area contributed by atoms with Crippen LogP contribution in [0.25, 0.3) is 22.3 Å². The molecule has 0 fully saturated rings. The Labute approximate surface area is 110 Å². The summed E-state index contributed by atoms with van der Waals surface area (Å²) < 4.78 is 5.75. The van der Waals surface area contributed by atoms with E-state index in [-0.39, 0.29) is 0 Å². The van der Waals surface area contributed by atoms with Crippen molar-refractivity contribution in [3.63, 3.8) is 0 Å². The normalized spacial score (nSPS) is 13.5. The number of hydrogen-bond acceptors (Lipinski definition) is 3. The molecule has 0 unspecified atom stereocenters. The van der Waals surface area contributed by atoms with Crippen molar-refractivity contribution in [2.24, 2.45) is 0 Å². The highest BCUT2D eigenvalue weighted by molar-refractivity contribution is 5.81. The fourth-order valence-electron chi connectivity index (χ4n) is 2.61. The number of pyridine rings is 1. The molecule has 0 spiro atoms. The number of aryl methyl sites for hydroxylation is 1. The quantitative estimate of drug-likeness (QED) is 0.723. The highest BCUT2D eigenvalue weighted by atomic mass is 16.5. The standard InChI is InChI=1S/C15H13N3O/c1-9-17-13-7-11(8-16-15(13)18-9)12-4-2-3-10-5-6-19-14(10)12/h2-4,7-8H,5-6H2,1H3,(H,16,17,18). The third kappa shape index (κ3) is 1.60. The van der Waals surface area contributed by atoms with Crippen molar-refractivity contribution in [1.29, 1.82) is 0 Å². The van der Waals surface area contributed by atoms with Crippen molar-refractivity contribution < 1.29 is 4.74 Å². The Kier molecular flexibility index (Phi) is 2.12. The summed E-state index contributed by atoms with van der Waals surface area (Å²) in [7, 11) is 0. The van der Waals surface area contributed by atoms with Crippen LogP contribution in [0.1, 0.15) is 11.4 Å². The average Bonchev–Trinajstić information content (AvgIpc) is 3.01. The van der Waals surface area contributed by atoms with E-state index < -0.39 is 0 Å². The fourth-order valence-corrected chi connectivity index (χ4v) is 2.61. The van der Waals surface area contributed by atoms with Gasteiger partial charge in [-0.25, -0.2) is 9.97 Å². The summed E-state index contributed by atoms with van der Waals surface area (Å²) in [6.07, 6.45) is 2.85. The first-order valence-electron chi connectivity index (χ1n) is 6.39. The van der Waals surface area contributed by atoms with Gasteiger partial charge in [-0.2, -0.15) is 0 Å². The summed E-state index contributed by atoms with van der Waals surface area (Å²) in [6, 6.07) is 8.36. The molecule has 1 aromatic carbocycles. The van der Waals surface area contributed by atoms with Crippen LogP contribution in [-0.2, 0) is 6.42 Å². The van der Waals surface area contributed by atoms with Gasteiger partial charge < -0.3 is 9.72 Å². The van der Waals surface area contributed by atoms with Gasteiger partial charge in [0, 0.05) is 23.7 Å². The summed E-state index contributed by atoms with van der Waals surface area (Å²) in [5, 5.41) is 0. The monoisotopic (exact) mass is 251 g/mol. The van der Waals surface area contributed by atoms with E-state index >= 15 is 0 Å². The zero-order valence-corrected chi connectivity index (χ0v) is 10.6. The van der Waals surface area contributed by atoms with E-state index in [4.69, 9.17) is 4.74 Å². The molecule has 0 amide bonds. The lowest BCUT2D eigenvalue weighted by Gasteiger charge is -2.07. The molecular formula is C15H13N3O. The number of imidazole rings is 1. The molecule has 1 N–H and O–H groups in total. The second kappa shape index (κ2) is 3.82. The van der Waals surface area contributed by atoms with Crippen LogP contribution in [0.5, 0.6) is 5.75 Å². The molecule has 0 saturated heterocycles. The van der Waals surface area contributed by atoms with Gasteiger partial charge in [-0.05, 0) is 18.6 Å². The first-order valence-corrected chi connectivity index (χ1v) is 6.39. The Morgan fingerprint density at radius 2 is 2.26 bits per heavy atom. The topological polar surface area (TPSA) is 50.8 Å². The Morgan fingerprint density at radius 3 is 3.21 bits per heavy atom. The molecular weight excluding hydrogens is 238 g/mol. The van der Waals surface area contributed by atoms with Crippen LogP contribution in [0.3, 0.4) is 0 Å². The SMILES string of the molecule is Cc1nc2ncc(-c3cccc4c3OCC4)cc2[nH]1. The number of H-pyrrole nitrogens is 1. The molecule has 2 aromatic heterocycles. The molecule has 0 radical (unpaired) electrons. The van der Waals surface area contributed by atoms with Crippen LogP contribution in [0.15, 0.2) is 30.5 Å². The maximum atomic E-state index is 5.75. The lowest BCUT2D eigenvalue weighted by molar-refractivity contribution is 0.358. The predicted octanol–water partition coefficient (Wildman–Crippen LogP) is 2.87. The zero-order valence-electron chi connectivity index (χ0n) is 10.6. The molecule has 4 nitrogen and oxygen atoms in total. The van der Waals surface area contributed by atoms with E-state index in [1.807, 2.05) is 13.1 Å². The molecule has 94 valence electrons. The molecule has 3 aromatic rings. The Balaban J connectivity index is 1.92. The number of aromatic nitrogens is 3. The van der Waals surface area contributed by atoms with Crippen molar-refractivity contribution in [2.75, 3.05) is 6.61 Å². The number of para-hydroxylation sites is 1. The van der Waals surface area contributed by atoms with E-state index in [2.05, 4.69) is 39.2 Å². The lowest BCUT2D eigenvalue weighted by atomic mass is 10.0. The minimum Gasteiger partial charge on any atom is -0.492 e. The average molecular weight is 251 g/mol. The van der Waals surface area contributed by atoms with Crippen LogP contribution in [0.4, 0.5) is 0 Å². The number of fused-ring (bicyclic) bond motifs is 2. The molecule has 4 rings (SSSR count). The Bertz CT molecular complexity index is 776. The van der Waals surface area contributed by atoms with Crippen molar-refractivity contribution in [1.82, 2.24) is 15.0 Å². The largest absolute Gasteiger partial charge is 0.492 e. The molecule has 1 aliphatic rings. The summed E-state index contributed by atoms with van der Waals surface area (Å²) in [5.41, 5.74) is 5.17. The number of rotatable bonds is 1. The van der Waals surface area contributed by atoms with Crippen molar-refractivity contribution >= 4 is 11.2 Å². The van der Waals surface area contributed by atoms with E-state index in [0.717, 1.165) is 46.9 Å². The van der Waals surface area contributed by atoms with Gasteiger partial charge in [0.15, 0.2) is 5.65 Å². The van der Waals surface area contributed by atoms with Crippen molar-refractivity contribution in [2.45, 2.75) is 13.3 Å². The number of hydrogen-bond donors (Lipinski definition) is 1. The second-order valence-electron chi connectivity index (χ2n) is 4.81.